The summed E-state index contributed by atoms with van der Waals surface area (Å²) < 4.78 is 0. The van der Waals surface area contributed by atoms with E-state index in [4.69, 9.17) is 11.0 Å². The third-order valence-corrected chi connectivity index (χ3v) is 3.09. The van der Waals surface area contributed by atoms with Crippen LogP contribution in [0.5, 0.6) is 0 Å². The van der Waals surface area contributed by atoms with Crippen LogP contribution in [0.4, 0.5) is 0 Å². The van der Waals surface area contributed by atoms with Crippen LogP contribution in [0.25, 0.3) is 0 Å². The van der Waals surface area contributed by atoms with E-state index < -0.39 is 0 Å². The van der Waals surface area contributed by atoms with Gasteiger partial charge < -0.3 is 10.6 Å². The normalized spacial score (nSPS) is 18.1. The third-order valence-electron chi connectivity index (χ3n) is 3.09. The molecule has 0 aliphatic heterocycles. The lowest BCUT2D eigenvalue weighted by molar-refractivity contribution is 0.414. The molecule has 1 rings (SSSR count). The highest BCUT2D eigenvalue weighted by Gasteiger charge is 2.14. The second-order valence-electron chi connectivity index (χ2n) is 4.27. The first-order chi connectivity index (χ1) is 7.77. The Morgan fingerprint density at radius 1 is 1.44 bits per heavy atom. The van der Waals surface area contributed by atoms with Crippen molar-refractivity contribution in [2.24, 2.45) is 10.7 Å². The molecule has 0 aromatic rings. The third kappa shape index (κ3) is 4.09. The van der Waals surface area contributed by atoms with Gasteiger partial charge in [0.05, 0.1) is 18.5 Å². The van der Waals surface area contributed by atoms with E-state index >= 15 is 0 Å². The van der Waals surface area contributed by atoms with Crippen molar-refractivity contribution in [2.75, 3.05) is 13.1 Å². The smallest absolute Gasteiger partial charge is 0.191 e. The van der Waals surface area contributed by atoms with Gasteiger partial charge in [0.2, 0.25) is 0 Å². The number of guanidine groups is 1. The number of nitrogens with two attached hydrogens (primary N) is 1. The lowest BCUT2D eigenvalue weighted by Crippen LogP contribution is -2.39. The summed E-state index contributed by atoms with van der Waals surface area (Å²) in [6.45, 7) is 3.55. The summed E-state index contributed by atoms with van der Waals surface area (Å²) in [5, 5.41) is 8.56. The minimum Gasteiger partial charge on any atom is -0.370 e. The van der Waals surface area contributed by atoms with Gasteiger partial charge in [-0.15, -0.1) is 0 Å². The summed E-state index contributed by atoms with van der Waals surface area (Å²) in [6.07, 6.45) is 6.71. The molecule has 0 radical (unpaired) electrons. The van der Waals surface area contributed by atoms with Crippen molar-refractivity contribution in [3.63, 3.8) is 0 Å². The first-order valence-corrected chi connectivity index (χ1v) is 6.23. The number of rotatable bonds is 4. The van der Waals surface area contributed by atoms with Gasteiger partial charge in [-0.05, 0) is 19.8 Å². The maximum Gasteiger partial charge on any atom is 0.191 e. The SMILES string of the molecule is CCN(CCC#N)C(N)=NC1CCCCC1. The molecular weight excluding hydrogens is 200 g/mol. The predicted molar refractivity (Wildman–Crippen MR) is 66.0 cm³/mol. The summed E-state index contributed by atoms with van der Waals surface area (Å²) >= 11 is 0. The molecule has 0 aromatic heterocycles. The number of hydrogen-bond donors (Lipinski definition) is 1. The molecule has 0 atom stereocenters. The van der Waals surface area contributed by atoms with E-state index in [9.17, 15) is 0 Å². The van der Waals surface area contributed by atoms with Crippen LogP contribution in [-0.2, 0) is 0 Å². The Labute approximate surface area is 98.1 Å². The standard InChI is InChI=1S/C12H22N4/c1-2-16(10-6-9-13)12(14)15-11-7-4-3-5-8-11/h11H,2-8,10H2,1H3,(H2,14,15). The fourth-order valence-electron chi connectivity index (χ4n) is 2.10. The molecule has 16 heavy (non-hydrogen) atoms. The minimum atomic E-state index is 0.407. The van der Waals surface area contributed by atoms with Crippen molar-refractivity contribution >= 4 is 5.96 Å². The molecule has 1 saturated carbocycles. The molecule has 0 saturated heterocycles. The van der Waals surface area contributed by atoms with Gasteiger partial charge in [-0.25, -0.2) is 4.99 Å². The fourth-order valence-corrected chi connectivity index (χ4v) is 2.10. The van der Waals surface area contributed by atoms with Crippen molar-refractivity contribution in [1.82, 2.24) is 4.90 Å². The van der Waals surface area contributed by atoms with Gasteiger partial charge >= 0.3 is 0 Å². The van der Waals surface area contributed by atoms with Crippen molar-refractivity contribution in [3.8, 4) is 6.07 Å². The topological polar surface area (TPSA) is 65.4 Å². The second kappa shape index (κ2) is 7.10. The summed E-state index contributed by atoms with van der Waals surface area (Å²) in [5.41, 5.74) is 5.97. The van der Waals surface area contributed by atoms with E-state index in [1.54, 1.807) is 0 Å². The minimum absolute atomic E-state index is 0.407. The molecule has 0 spiro atoms. The van der Waals surface area contributed by atoms with Crippen LogP contribution in [0.1, 0.15) is 45.4 Å². The molecular formula is C12H22N4. The largest absolute Gasteiger partial charge is 0.370 e. The van der Waals surface area contributed by atoms with Crippen molar-refractivity contribution in [1.29, 1.82) is 5.26 Å². The van der Waals surface area contributed by atoms with Gasteiger partial charge in [-0.1, -0.05) is 19.3 Å². The molecule has 0 heterocycles. The van der Waals surface area contributed by atoms with Gasteiger partial charge in [0.25, 0.3) is 0 Å². The Morgan fingerprint density at radius 2 is 2.12 bits per heavy atom. The summed E-state index contributed by atoms with van der Waals surface area (Å²) in [5.74, 6) is 0.615. The van der Waals surface area contributed by atoms with Gasteiger partial charge in [0, 0.05) is 13.1 Å². The number of aliphatic imine (C=N–C) groups is 1. The van der Waals surface area contributed by atoms with E-state index in [-0.39, 0.29) is 0 Å². The highest BCUT2D eigenvalue weighted by molar-refractivity contribution is 5.78. The Hall–Kier alpha value is -1.24. The second-order valence-corrected chi connectivity index (χ2v) is 4.27. The number of hydrogen-bond acceptors (Lipinski definition) is 2. The fraction of sp³-hybridized carbons (Fsp3) is 0.833. The van der Waals surface area contributed by atoms with Crippen molar-refractivity contribution in [2.45, 2.75) is 51.5 Å². The van der Waals surface area contributed by atoms with Gasteiger partial charge in [-0.3, -0.25) is 0 Å². The molecule has 4 heteroatoms. The zero-order valence-corrected chi connectivity index (χ0v) is 10.2. The first kappa shape index (κ1) is 12.8. The molecule has 0 amide bonds. The van der Waals surface area contributed by atoms with Crippen LogP contribution in [-0.4, -0.2) is 30.0 Å². The maximum absolute atomic E-state index is 8.56. The highest BCUT2D eigenvalue weighted by Crippen LogP contribution is 2.20. The molecule has 1 aliphatic carbocycles. The maximum atomic E-state index is 8.56. The number of nitrogens with zero attached hydrogens (tertiary/aromatic N) is 3. The average Bonchev–Trinajstić information content (AvgIpc) is 2.31. The molecule has 1 aliphatic rings. The van der Waals surface area contributed by atoms with E-state index in [0.29, 0.717) is 25.0 Å². The van der Waals surface area contributed by atoms with E-state index in [0.717, 1.165) is 19.4 Å². The molecule has 0 bridgehead atoms. The molecule has 90 valence electrons. The van der Waals surface area contributed by atoms with Gasteiger partial charge in [0.1, 0.15) is 0 Å². The zero-order valence-electron chi connectivity index (χ0n) is 10.2. The summed E-state index contributed by atoms with van der Waals surface area (Å²) in [6, 6.07) is 2.55. The van der Waals surface area contributed by atoms with Crippen LogP contribution >= 0.6 is 0 Å². The molecule has 0 unspecified atom stereocenters. The van der Waals surface area contributed by atoms with Crippen LogP contribution < -0.4 is 5.73 Å². The quantitative estimate of drug-likeness (QED) is 0.583. The highest BCUT2D eigenvalue weighted by atomic mass is 15.2. The van der Waals surface area contributed by atoms with Crippen molar-refractivity contribution in [3.05, 3.63) is 0 Å². The summed E-state index contributed by atoms with van der Waals surface area (Å²) in [7, 11) is 0. The van der Waals surface area contributed by atoms with Crippen LogP contribution in [0.2, 0.25) is 0 Å². The average molecular weight is 222 g/mol. The Bertz CT molecular complexity index is 261. The lowest BCUT2D eigenvalue weighted by atomic mass is 9.96. The van der Waals surface area contributed by atoms with Crippen LogP contribution in [0.3, 0.4) is 0 Å². The first-order valence-electron chi connectivity index (χ1n) is 6.23. The zero-order chi connectivity index (χ0) is 11.8. The van der Waals surface area contributed by atoms with E-state index in [1.165, 1.54) is 19.3 Å². The molecule has 4 nitrogen and oxygen atoms in total. The monoisotopic (exact) mass is 222 g/mol. The Balaban J connectivity index is 2.48. The van der Waals surface area contributed by atoms with E-state index in [2.05, 4.69) is 11.1 Å². The Kier molecular flexibility index (Phi) is 5.69. The molecule has 1 fully saturated rings. The lowest BCUT2D eigenvalue weighted by Gasteiger charge is -2.24. The summed E-state index contributed by atoms with van der Waals surface area (Å²) in [4.78, 5) is 6.55. The van der Waals surface area contributed by atoms with Gasteiger partial charge in [-0.2, -0.15) is 5.26 Å². The predicted octanol–water partition coefficient (Wildman–Crippen LogP) is 1.87. The number of nitriles is 1. The van der Waals surface area contributed by atoms with E-state index in [1.807, 2.05) is 11.8 Å². The Morgan fingerprint density at radius 3 is 2.69 bits per heavy atom. The molecule has 0 aromatic carbocycles. The van der Waals surface area contributed by atoms with Crippen LogP contribution in [0, 0.1) is 11.3 Å². The van der Waals surface area contributed by atoms with Crippen molar-refractivity contribution < 1.29 is 0 Å². The molecule has 2 N–H and O–H groups in total. The van der Waals surface area contributed by atoms with Gasteiger partial charge in [0.15, 0.2) is 5.96 Å². The van der Waals surface area contributed by atoms with Crippen LogP contribution in [0.15, 0.2) is 4.99 Å².